The Kier molecular flexibility index (Phi) is 5.52. The van der Waals surface area contributed by atoms with Gasteiger partial charge in [-0.1, -0.05) is 6.07 Å². The van der Waals surface area contributed by atoms with Crippen molar-refractivity contribution in [2.24, 2.45) is 0 Å². The molecule has 0 aromatic heterocycles. The molecule has 5 nitrogen and oxygen atoms in total. The number of carbonyl (C=O) groups is 1. The van der Waals surface area contributed by atoms with Crippen molar-refractivity contribution in [3.05, 3.63) is 29.8 Å². The van der Waals surface area contributed by atoms with Gasteiger partial charge in [0.2, 0.25) is 5.91 Å². The number of benzene rings is 1. The van der Waals surface area contributed by atoms with Crippen molar-refractivity contribution in [1.29, 1.82) is 0 Å². The average Bonchev–Trinajstić information content (AvgIpc) is 2.52. The fourth-order valence-corrected chi connectivity index (χ4v) is 2.36. The molecule has 21 heavy (non-hydrogen) atoms. The third-order valence-corrected chi connectivity index (χ3v) is 3.50. The molecule has 0 bridgehead atoms. The first kappa shape index (κ1) is 15.7. The maximum atomic E-state index is 12.1. The number of hydrogen-bond acceptors (Lipinski definition) is 5. The summed E-state index contributed by atoms with van der Waals surface area (Å²) in [7, 11) is 3.17. The van der Waals surface area contributed by atoms with Crippen molar-refractivity contribution < 1.29 is 19.0 Å². The number of carbonyl (C=O) groups excluding carboxylic acids is 1. The summed E-state index contributed by atoms with van der Waals surface area (Å²) in [6.45, 7) is 1.61. The Bertz CT molecular complexity index is 532. The molecule has 1 aliphatic heterocycles. The minimum absolute atomic E-state index is 0.0489. The van der Waals surface area contributed by atoms with Gasteiger partial charge in [0.15, 0.2) is 11.5 Å². The zero-order valence-electron chi connectivity index (χ0n) is 12.1. The Morgan fingerprint density at radius 1 is 1.38 bits per heavy atom. The summed E-state index contributed by atoms with van der Waals surface area (Å²) in [6, 6.07) is 5.50. The molecule has 0 N–H and O–H groups in total. The molecular formula is C15H19NO4S. The highest BCUT2D eigenvalue weighted by molar-refractivity contribution is 7.80. The van der Waals surface area contributed by atoms with E-state index in [0.717, 1.165) is 5.56 Å². The van der Waals surface area contributed by atoms with Gasteiger partial charge in [0, 0.05) is 12.6 Å². The normalized spacial score (nSPS) is 18.8. The van der Waals surface area contributed by atoms with E-state index in [-0.39, 0.29) is 11.3 Å². The Morgan fingerprint density at radius 2 is 2.14 bits per heavy atom. The van der Waals surface area contributed by atoms with Crippen LogP contribution in [0.4, 0.5) is 0 Å². The van der Waals surface area contributed by atoms with E-state index in [1.807, 2.05) is 18.2 Å². The summed E-state index contributed by atoms with van der Waals surface area (Å²) in [5, 5.41) is 0. The molecule has 0 radical (unpaired) electrons. The molecule has 0 saturated carbocycles. The van der Waals surface area contributed by atoms with Crippen LogP contribution in [0.2, 0.25) is 0 Å². The molecule has 6 heteroatoms. The lowest BCUT2D eigenvalue weighted by Crippen LogP contribution is -2.43. The summed E-state index contributed by atoms with van der Waals surface area (Å²) >= 11 is 4.23. The van der Waals surface area contributed by atoms with Crippen LogP contribution in [0.25, 0.3) is 6.08 Å². The first-order chi connectivity index (χ1) is 10.1. The van der Waals surface area contributed by atoms with Crippen molar-refractivity contribution in [3.8, 4) is 11.5 Å². The molecule has 1 atom stereocenters. The zero-order valence-corrected chi connectivity index (χ0v) is 13.0. The van der Waals surface area contributed by atoms with Crippen LogP contribution in [0, 0.1) is 0 Å². The van der Waals surface area contributed by atoms with Crippen molar-refractivity contribution in [3.63, 3.8) is 0 Å². The van der Waals surface area contributed by atoms with Crippen LogP contribution in [0.15, 0.2) is 24.3 Å². The maximum absolute atomic E-state index is 12.1. The van der Waals surface area contributed by atoms with Crippen molar-refractivity contribution in [2.75, 3.05) is 33.9 Å². The van der Waals surface area contributed by atoms with Crippen LogP contribution >= 0.6 is 12.6 Å². The Labute approximate surface area is 129 Å². The number of nitrogens with zero attached hydrogens (tertiary/aromatic N) is 1. The van der Waals surface area contributed by atoms with Gasteiger partial charge in [0.25, 0.3) is 0 Å². The van der Waals surface area contributed by atoms with Gasteiger partial charge >= 0.3 is 0 Å². The first-order valence-electron chi connectivity index (χ1n) is 6.62. The highest BCUT2D eigenvalue weighted by Crippen LogP contribution is 2.28. The molecular weight excluding hydrogens is 290 g/mol. The second-order valence-corrected chi connectivity index (χ2v) is 5.13. The molecule has 1 unspecified atom stereocenters. The molecule has 2 rings (SSSR count). The Balaban J connectivity index is 2.04. The molecule has 1 heterocycles. The lowest BCUT2D eigenvalue weighted by atomic mass is 10.2. The van der Waals surface area contributed by atoms with E-state index < -0.39 is 0 Å². The van der Waals surface area contributed by atoms with E-state index in [4.69, 9.17) is 14.2 Å². The third-order valence-electron chi connectivity index (χ3n) is 3.19. The molecule has 114 valence electrons. The molecule has 1 aliphatic rings. The van der Waals surface area contributed by atoms with Crippen molar-refractivity contribution in [2.45, 2.75) is 5.44 Å². The summed E-state index contributed by atoms with van der Waals surface area (Å²) in [4.78, 5) is 13.8. The van der Waals surface area contributed by atoms with Crippen LogP contribution in [0.5, 0.6) is 11.5 Å². The largest absolute Gasteiger partial charge is 0.493 e. The van der Waals surface area contributed by atoms with Gasteiger partial charge in [-0.2, -0.15) is 0 Å². The predicted molar refractivity (Wildman–Crippen MR) is 83.9 cm³/mol. The van der Waals surface area contributed by atoms with E-state index in [1.165, 1.54) is 0 Å². The number of thiol groups is 1. The number of amides is 1. The molecule has 1 aromatic carbocycles. The van der Waals surface area contributed by atoms with Crippen LogP contribution in [-0.2, 0) is 9.53 Å². The molecule has 1 saturated heterocycles. The first-order valence-corrected chi connectivity index (χ1v) is 7.14. The lowest BCUT2D eigenvalue weighted by Gasteiger charge is -2.29. The van der Waals surface area contributed by atoms with Crippen LogP contribution in [-0.4, -0.2) is 50.2 Å². The highest BCUT2D eigenvalue weighted by atomic mass is 32.1. The smallest absolute Gasteiger partial charge is 0.246 e. The number of methoxy groups -OCH3 is 2. The van der Waals surface area contributed by atoms with Crippen LogP contribution < -0.4 is 9.47 Å². The SMILES string of the molecule is COc1ccc(/C=C/C(=O)N2CCOC(S)C2)cc1OC. The molecule has 1 fully saturated rings. The fraction of sp³-hybridized carbons (Fsp3) is 0.400. The van der Waals surface area contributed by atoms with E-state index in [1.54, 1.807) is 31.3 Å². The minimum Gasteiger partial charge on any atom is -0.493 e. The van der Waals surface area contributed by atoms with E-state index in [9.17, 15) is 4.79 Å². The second kappa shape index (κ2) is 7.38. The minimum atomic E-state index is -0.211. The third kappa shape index (κ3) is 4.15. The molecule has 1 amide bonds. The molecule has 1 aromatic rings. The van der Waals surface area contributed by atoms with Crippen molar-refractivity contribution >= 4 is 24.6 Å². The fourth-order valence-electron chi connectivity index (χ4n) is 2.06. The summed E-state index contributed by atoms with van der Waals surface area (Å²) in [5.41, 5.74) is 0.661. The van der Waals surface area contributed by atoms with Gasteiger partial charge in [-0.3, -0.25) is 4.79 Å². The van der Waals surface area contributed by atoms with Gasteiger partial charge in [0.1, 0.15) is 5.44 Å². The number of ether oxygens (including phenoxy) is 3. The zero-order chi connectivity index (χ0) is 15.2. The predicted octanol–water partition coefficient (Wildman–Crippen LogP) is 1.83. The maximum Gasteiger partial charge on any atom is 0.246 e. The van der Waals surface area contributed by atoms with Crippen LogP contribution in [0.1, 0.15) is 5.56 Å². The van der Waals surface area contributed by atoms with Crippen LogP contribution in [0.3, 0.4) is 0 Å². The monoisotopic (exact) mass is 309 g/mol. The summed E-state index contributed by atoms with van der Waals surface area (Å²) < 4.78 is 15.7. The quantitative estimate of drug-likeness (QED) is 0.681. The van der Waals surface area contributed by atoms with Crippen molar-refractivity contribution in [1.82, 2.24) is 4.90 Å². The van der Waals surface area contributed by atoms with E-state index in [2.05, 4.69) is 12.6 Å². The van der Waals surface area contributed by atoms with Gasteiger partial charge < -0.3 is 19.1 Å². The molecule has 0 spiro atoms. The molecule has 0 aliphatic carbocycles. The van der Waals surface area contributed by atoms with Gasteiger partial charge in [-0.25, -0.2) is 0 Å². The Hall–Kier alpha value is -1.66. The summed E-state index contributed by atoms with van der Waals surface area (Å²) in [5.74, 6) is 1.24. The van der Waals surface area contributed by atoms with Gasteiger partial charge in [0.05, 0.1) is 27.4 Å². The Morgan fingerprint density at radius 3 is 2.81 bits per heavy atom. The number of morpholine rings is 1. The van der Waals surface area contributed by atoms with E-state index in [0.29, 0.717) is 31.2 Å². The standard InChI is InChI=1S/C15H19NO4S/c1-18-12-5-3-11(9-13(12)19-2)4-6-14(17)16-7-8-20-15(21)10-16/h3-6,9,15,21H,7-8,10H2,1-2H3/b6-4+. The number of hydrogen-bond donors (Lipinski definition) is 1. The van der Waals surface area contributed by atoms with Gasteiger partial charge in [-0.15, -0.1) is 12.6 Å². The topological polar surface area (TPSA) is 48.0 Å². The van der Waals surface area contributed by atoms with E-state index >= 15 is 0 Å². The average molecular weight is 309 g/mol. The van der Waals surface area contributed by atoms with Gasteiger partial charge in [-0.05, 0) is 23.8 Å². The highest BCUT2D eigenvalue weighted by Gasteiger charge is 2.19. The second-order valence-electron chi connectivity index (χ2n) is 4.56. The summed E-state index contributed by atoms with van der Waals surface area (Å²) in [6.07, 6.45) is 3.31. The number of rotatable bonds is 4. The lowest BCUT2D eigenvalue weighted by molar-refractivity contribution is -0.130.